The average molecular weight is 338 g/mol. The lowest BCUT2D eigenvalue weighted by atomic mass is 9.83. The van der Waals surface area contributed by atoms with Gasteiger partial charge in [0, 0.05) is 51.5 Å². The summed E-state index contributed by atoms with van der Waals surface area (Å²) in [6.07, 6.45) is 6.75. The van der Waals surface area contributed by atoms with Crippen LogP contribution in [0.15, 0.2) is 36.7 Å². The number of aryl methyl sites for hydroxylation is 2. The summed E-state index contributed by atoms with van der Waals surface area (Å²) in [5.41, 5.74) is 2.78. The Kier molecular flexibility index (Phi) is 4.57. The number of hydrogen-bond donors (Lipinski definition) is 0. The molecule has 1 aliphatic carbocycles. The maximum atomic E-state index is 12.9. The van der Waals surface area contributed by atoms with Crippen LogP contribution in [0.1, 0.15) is 23.4 Å². The molecule has 1 aromatic carbocycles. The quantitative estimate of drug-likeness (QED) is 0.858. The molecule has 0 N–H and O–H groups in total. The Bertz CT molecular complexity index is 746. The van der Waals surface area contributed by atoms with Crippen LogP contribution in [0, 0.1) is 5.92 Å². The second kappa shape index (κ2) is 7.00. The van der Waals surface area contributed by atoms with Crippen LogP contribution in [-0.2, 0) is 31.2 Å². The van der Waals surface area contributed by atoms with Gasteiger partial charge in [-0.05, 0) is 30.4 Å². The van der Waals surface area contributed by atoms with Gasteiger partial charge in [0.15, 0.2) is 0 Å². The molecule has 0 spiro atoms. The SMILES string of the molecule is Cn1ccnc1CN1CCN(C(=O)[C@H]2CCc3ccccc3C2)CC1. The topological polar surface area (TPSA) is 41.4 Å². The largest absolute Gasteiger partial charge is 0.340 e. The van der Waals surface area contributed by atoms with Crippen molar-refractivity contribution in [2.45, 2.75) is 25.8 Å². The molecule has 25 heavy (non-hydrogen) atoms. The molecule has 5 nitrogen and oxygen atoms in total. The van der Waals surface area contributed by atoms with Crippen molar-refractivity contribution >= 4 is 5.91 Å². The Balaban J connectivity index is 1.32. The van der Waals surface area contributed by atoms with E-state index in [1.807, 2.05) is 19.4 Å². The molecule has 2 aliphatic rings. The van der Waals surface area contributed by atoms with E-state index in [2.05, 4.69) is 43.6 Å². The van der Waals surface area contributed by atoms with Crippen LogP contribution < -0.4 is 0 Å². The minimum Gasteiger partial charge on any atom is -0.340 e. The number of rotatable bonds is 3. The Hall–Kier alpha value is -2.14. The summed E-state index contributed by atoms with van der Waals surface area (Å²) >= 11 is 0. The third-order valence-electron chi connectivity index (χ3n) is 5.67. The number of piperazine rings is 1. The van der Waals surface area contributed by atoms with E-state index in [0.717, 1.165) is 57.8 Å². The Morgan fingerprint density at radius 2 is 1.92 bits per heavy atom. The van der Waals surface area contributed by atoms with Gasteiger partial charge in [0.1, 0.15) is 5.82 Å². The fourth-order valence-electron chi connectivity index (χ4n) is 4.04. The molecule has 1 fully saturated rings. The summed E-state index contributed by atoms with van der Waals surface area (Å²) < 4.78 is 2.07. The number of carbonyl (C=O) groups excluding carboxylic acids is 1. The van der Waals surface area contributed by atoms with Crippen molar-refractivity contribution in [1.29, 1.82) is 0 Å². The number of hydrogen-bond acceptors (Lipinski definition) is 3. The van der Waals surface area contributed by atoms with E-state index in [1.54, 1.807) is 0 Å². The molecule has 1 saturated heterocycles. The van der Waals surface area contributed by atoms with Crippen molar-refractivity contribution in [2.24, 2.45) is 13.0 Å². The maximum Gasteiger partial charge on any atom is 0.226 e. The fourth-order valence-corrected chi connectivity index (χ4v) is 4.04. The number of imidazole rings is 1. The minimum absolute atomic E-state index is 0.163. The maximum absolute atomic E-state index is 12.9. The van der Waals surface area contributed by atoms with E-state index in [9.17, 15) is 4.79 Å². The normalized spacial score (nSPS) is 21.2. The molecule has 4 rings (SSSR count). The van der Waals surface area contributed by atoms with Gasteiger partial charge >= 0.3 is 0 Å². The van der Waals surface area contributed by atoms with Crippen LogP contribution >= 0.6 is 0 Å². The third kappa shape index (κ3) is 3.47. The first kappa shape index (κ1) is 16.3. The molecule has 0 saturated carbocycles. The van der Waals surface area contributed by atoms with Gasteiger partial charge in [0.2, 0.25) is 5.91 Å². The smallest absolute Gasteiger partial charge is 0.226 e. The molecule has 2 aromatic rings. The summed E-state index contributed by atoms with van der Waals surface area (Å²) in [5, 5.41) is 0. The second-order valence-electron chi connectivity index (χ2n) is 7.26. The molecule has 2 heterocycles. The van der Waals surface area contributed by atoms with E-state index in [0.29, 0.717) is 5.91 Å². The first-order valence-corrected chi connectivity index (χ1v) is 9.25. The molecule has 1 amide bonds. The number of benzene rings is 1. The molecule has 1 aliphatic heterocycles. The van der Waals surface area contributed by atoms with Gasteiger partial charge in [-0.3, -0.25) is 9.69 Å². The van der Waals surface area contributed by atoms with Crippen LogP contribution in [0.2, 0.25) is 0 Å². The third-order valence-corrected chi connectivity index (χ3v) is 5.67. The number of carbonyl (C=O) groups is 1. The molecule has 5 heteroatoms. The van der Waals surface area contributed by atoms with Gasteiger partial charge in [-0.15, -0.1) is 0 Å². The lowest BCUT2D eigenvalue weighted by Crippen LogP contribution is -2.50. The van der Waals surface area contributed by atoms with E-state index in [-0.39, 0.29) is 5.92 Å². The Labute approximate surface area is 149 Å². The zero-order valence-electron chi connectivity index (χ0n) is 14.9. The van der Waals surface area contributed by atoms with Crippen LogP contribution in [0.5, 0.6) is 0 Å². The predicted molar refractivity (Wildman–Crippen MR) is 97.0 cm³/mol. The van der Waals surface area contributed by atoms with Crippen LogP contribution in [0.25, 0.3) is 0 Å². The molecule has 1 atom stereocenters. The van der Waals surface area contributed by atoms with E-state index in [1.165, 1.54) is 11.1 Å². The van der Waals surface area contributed by atoms with Gasteiger partial charge in [-0.25, -0.2) is 4.98 Å². The fraction of sp³-hybridized carbons (Fsp3) is 0.500. The highest BCUT2D eigenvalue weighted by atomic mass is 16.2. The van der Waals surface area contributed by atoms with Crippen LogP contribution in [-0.4, -0.2) is 51.4 Å². The van der Waals surface area contributed by atoms with Gasteiger partial charge in [0.25, 0.3) is 0 Å². The average Bonchev–Trinajstić information content (AvgIpc) is 3.06. The molecule has 1 aromatic heterocycles. The molecule has 0 unspecified atom stereocenters. The highest BCUT2D eigenvalue weighted by Gasteiger charge is 2.30. The molecular weight excluding hydrogens is 312 g/mol. The highest BCUT2D eigenvalue weighted by Crippen LogP contribution is 2.27. The Morgan fingerprint density at radius 3 is 2.64 bits per heavy atom. The summed E-state index contributed by atoms with van der Waals surface area (Å²) in [5.74, 6) is 1.60. The van der Waals surface area contributed by atoms with Crippen molar-refractivity contribution in [2.75, 3.05) is 26.2 Å². The number of amides is 1. The molecular formula is C20H26N4O. The first-order valence-electron chi connectivity index (χ1n) is 9.25. The second-order valence-corrected chi connectivity index (χ2v) is 7.26. The predicted octanol–water partition coefficient (Wildman–Crippen LogP) is 1.87. The summed E-state index contributed by atoms with van der Waals surface area (Å²) in [7, 11) is 2.03. The molecule has 0 radical (unpaired) electrons. The zero-order valence-corrected chi connectivity index (χ0v) is 14.9. The lowest BCUT2D eigenvalue weighted by Gasteiger charge is -2.37. The van der Waals surface area contributed by atoms with Crippen molar-refractivity contribution < 1.29 is 4.79 Å². The number of nitrogens with zero attached hydrogens (tertiary/aromatic N) is 4. The monoisotopic (exact) mass is 338 g/mol. The van der Waals surface area contributed by atoms with E-state index in [4.69, 9.17) is 0 Å². The highest BCUT2D eigenvalue weighted by molar-refractivity contribution is 5.79. The van der Waals surface area contributed by atoms with Crippen molar-refractivity contribution in [3.05, 3.63) is 53.6 Å². The van der Waals surface area contributed by atoms with Gasteiger partial charge in [-0.2, -0.15) is 0 Å². The number of aromatic nitrogens is 2. The number of fused-ring (bicyclic) bond motifs is 1. The van der Waals surface area contributed by atoms with Crippen LogP contribution in [0.3, 0.4) is 0 Å². The van der Waals surface area contributed by atoms with Crippen LogP contribution in [0.4, 0.5) is 0 Å². The van der Waals surface area contributed by atoms with Gasteiger partial charge in [0.05, 0.1) is 6.54 Å². The zero-order chi connectivity index (χ0) is 17.2. The van der Waals surface area contributed by atoms with Crippen molar-refractivity contribution in [1.82, 2.24) is 19.4 Å². The lowest BCUT2D eigenvalue weighted by molar-refractivity contribution is -0.137. The molecule has 0 bridgehead atoms. The van der Waals surface area contributed by atoms with E-state index < -0.39 is 0 Å². The van der Waals surface area contributed by atoms with Crippen molar-refractivity contribution in [3.8, 4) is 0 Å². The van der Waals surface area contributed by atoms with E-state index >= 15 is 0 Å². The van der Waals surface area contributed by atoms with Gasteiger partial charge in [-0.1, -0.05) is 24.3 Å². The standard InChI is InChI=1S/C20H26N4O/c1-22-9-8-21-19(22)15-23-10-12-24(13-11-23)20(25)18-7-6-16-4-2-3-5-17(16)14-18/h2-5,8-9,18H,6-7,10-15H2,1H3/t18-/m0/s1. The minimum atomic E-state index is 0.163. The van der Waals surface area contributed by atoms with Gasteiger partial charge < -0.3 is 9.47 Å². The van der Waals surface area contributed by atoms with Crippen molar-refractivity contribution in [3.63, 3.8) is 0 Å². The molecule has 132 valence electrons. The summed E-state index contributed by atoms with van der Waals surface area (Å²) in [4.78, 5) is 21.8. The summed E-state index contributed by atoms with van der Waals surface area (Å²) in [6.45, 7) is 4.40. The first-order chi connectivity index (χ1) is 12.2. The summed E-state index contributed by atoms with van der Waals surface area (Å²) in [6, 6.07) is 8.57. The Morgan fingerprint density at radius 1 is 1.16 bits per heavy atom.